The van der Waals surface area contributed by atoms with E-state index < -0.39 is 0 Å². The Kier molecular flexibility index (Phi) is 8.06. The van der Waals surface area contributed by atoms with Gasteiger partial charge in [0.15, 0.2) is 0 Å². The third kappa shape index (κ3) is 7.37. The van der Waals surface area contributed by atoms with Gasteiger partial charge >= 0.3 is 5.97 Å². The van der Waals surface area contributed by atoms with Crippen LogP contribution in [0.25, 0.3) is 0 Å². The maximum absolute atomic E-state index is 11.4. The zero-order valence-corrected chi connectivity index (χ0v) is 11.2. The van der Waals surface area contributed by atoms with Crippen LogP contribution in [0.15, 0.2) is 0 Å². The van der Waals surface area contributed by atoms with E-state index in [0.717, 1.165) is 25.9 Å². The van der Waals surface area contributed by atoms with Crippen molar-refractivity contribution in [3.63, 3.8) is 0 Å². The van der Waals surface area contributed by atoms with E-state index in [4.69, 9.17) is 4.74 Å². The number of esters is 1. The molecule has 1 rings (SSSR count). The number of unbranched alkanes of at least 4 members (excludes halogenated alkanes) is 4. The Morgan fingerprint density at radius 2 is 2.12 bits per heavy atom. The molecule has 0 aromatic heterocycles. The van der Waals surface area contributed by atoms with Crippen molar-refractivity contribution in [1.82, 2.24) is 5.32 Å². The van der Waals surface area contributed by atoms with Crippen molar-refractivity contribution in [2.75, 3.05) is 19.7 Å². The van der Waals surface area contributed by atoms with Crippen molar-refractivity contribution in [2.45, 2.75) is 58.3 Å². The van der Waals surface area contributed by atoms with E-state index in [1.165, 1.54) is 32.1 Å². The van der Waals surface area contributed by atoms with Crippen LogP contribution < -0.4 is 5.32 Å². The van der Waals surface area contributed by atoms with Crippen molar-refractivity contribution in [2.24, 2.45) is 5.92 Å². The van der Waals surface area contributed by atoms with Gasteiger partial charge in [0.1, 0.15) is 0 Å². The first-order valence-corrected chi connectivity index (χ1v) is 7.19. The van der Waals surface area contributed by atoms with Crippen LogP contribution in [-0.2, 0) is 9.53 Å². The lowest BCUT2D eigenvalue weighted by molar-refractivity contribution is -0.144. The molecule has 0 radical (unpaired) electrons. The van der Waals surface area contributed by atoms with Crippen molar-refractivity contribution in [3.8, 4) is 0 Å². The minimum atomic E-state index is -0.00704. The molecule has 1 N–H and O–H groups in total. The number of ether oxygens (including phenoxy) is 1. The van der Waals surface area contributed by atoms with E-state index in [1.807, 2.05) is 0 Å². The fourth-order valence-corrected chi connectivity index (χ4v) is 2.25. The predicted octanol–water partition coefficient (Wildman–Crippen LogP) is 2.89. The largest absolute Gasteiger partial charge is 0.466 e. The molecule has 17 heavy (non-hydrogen) atoms. The highest BCUT2D eigenvalue weighted by atomic mass is 16.5. The molecule has 0 bridgehead atoms. The normalized spacial score (nSPS) is 19.5. The molecule has 0 saturated carbocycles. The summed E-state index contributed by atoms with van der Waals surface area (Å²) in [6.45, 7) is 5.00. The van der Waals surface area contributed by atoms with Crippen LogP contribution in [0.5, 0.6) is 0 Å². The molecule has 3 nitrogen and oxygen atoms in total. The summed E-state index contributed by atoms with van der Waals surface area (Å²) >= 11 is 0. The van der Waals surface area contributed by atoms with Gasteiger partial charge in [0.2, 0.25) is 0 Å². The number of hydrogen-bond acceptors (Lipinski definition) is 3. The second-order valence-corrected chi connectivity index (χ2v) is 5.03. The summed E-state index contributed by atoms with van der Waals surface area (Å²) in [7, 11) is 0. The lowest BCUT2D eigenvalue weighted by Crippen LogP contribution is -2.12. The minimum Gasteiger partial charge on any atom is -0.466 e. The van der Waals surface area contributed by atoms with E-state index in [-0.39, 0.29) is 5.97 Å². The summed E-state index contributed by atoms with van der Waals surface area (Å²) in [5, 5.41) is 3.32. The van der Waals surface area contributed by atoms with Gasteiger partial charge in [-0.25, -0.2) is 0 Å². The molecule has 0 aromatic carbocycles. The standard InChI is InChI=1S/C14H27NO2/c1-2-3-4-5-6-11-17-14(16)8-7-13-9-10-15-12-13/h13,15H,2-12H2,1H3. The second kappa shape index (κ2) is 9.46. The third-order valence-electron chi connectivity index (χ3n) is 3.43. The minimum absolute atomic E-state index is 0.00704. The Morgan fingerprint density at radius 1 is 1.29 bits per heavy atom. The van der Waals surface area contributed by atoms with Gasteiger partial charge in [-0.2, -0.15) is 0 Å². The summed E-state index contributed by atoms with van der Waals surface area (Å²) in [5.41, 5.74) is 0. The SMILES string of the molecule is CCCCCCCOC(=O)CCC1CCNC1. The van der Waals surface area contributed by atoms with Crippen LogP contribution in [0.4, 0.5) is 0 Å². The van der Waals surface area contributed by atoms with E-state index in [0.29, 0.717) is 18.9 Å². The predicted molar refractivity (Wildman–Crippen MR) is 69.9 cm³/mol. The Balaban J connectivity index is 1.87. The lowest BCUT2D eigenvalue weighted by atomic mass is 10.0. The maximum Gasteiger partial charge on any atom is 0.305 e. The maximum atomic E-state index is 11.4. The van der Waals surface area contributed by atoms with Gasteiger partial charge in [0.25, 0.3) is 0 Å². The van der Waals surface area contributed by atoms with Crippen molar-refractivity contribution in [3.05, 3.63) is 0 Å². The molecule has 0 spiro atoms. The van der Waals surface area contributed by atoms with Crippen LogP contribution >= 0.6 is 0 Å². The Bertz CT molecular complexity index is 200. The van der Waals surface area contributed by atoms with Crippen molar-refractivity contribution >= 4 is 5.97 Å². The van der Waals surface area contributed by atoms with Crippen molar-refractivity contribution < 1.29 is 9.53 Å². The Morgan fingerprint density at radius 3 is 2.82 bits per heavy atom. The zero-order valence-electron chi connectivity index (χ0n) is 11.2. The highest BCUT2D eigenvalue weighted by Gasteiger charge is 2.15. The highest BCUT2D eigenvalue weighted by Crippen LogP contribution is 2.14. The van der Waals surface area contributed by atoms with E-state index in [1.54, 1.807) is 0 Å². The van der Waals surface area contributed by atoms with Gasteiger partial charge < -0.3 is 10.1 Å². The fraction of sp³-hybridized carbons (Fsp3) is 0.929. The van der Waals surface area contributed by atoms with Crippen molar-refractivity contribution in [1.29, 1.82) is 0 Å². The number of nitrogens with one attached hydrogen (secondary N) is 1. The van der Waals surface area contributed by atoms with Gasteiger partial charge in [-0.05, 0) is 38.3 Å². The first-order chi connectivity index (χ1) is 8.33. The first kappa shape index (κ1) is 14.5. The monoisotopic (exact) mass is 241 g/mol. The van der Waals surface area contributed by atoms with E-state index in [9.17, 15) is 4.79 Å². The molecule has 0 aliphatic carbocycles. The van der Waals surface area contributed by atoms with Gasteiger partial charge in [-0.15, -0.1) is 0 Å². The molecule has 1 unspecified atom stereocenters. The average Bonchev–Trinajstić information content (AvgIpc) is 2.84. The molecule has 1 aliphatic heterocycles. The summed E-state index contributed by atoms with van der Waals surface area (Å²) in [6, 6.07) is 0. The molecular formula is C14H27NO2. The molecule has 1 fully saturated rings. The van der Waals surface area contributed by atoms with Gasteiger partial charge in [-0.1, -0.05) is 32.6 Å². The molecule has 1 aliphatic rings. The van der Waals surface area contributed by atoms with Crippen LogP contribution in [0, 0.1) is 5.92 Å². The molecular weight excluding hydrogens is 214 g/mol. The Hall–Kier alpha value is -0.570. The zero-order chi connectivity index (χ0) is 12.3. The summed E-state index contributed by atoms with van der Waals surface area (Å²) in [4.78, 5) is 11.4. The summed E-state index contributed by atoms with van der Waals surface area (Å²) in [6.07, 6.45) is 8.83. The van der Waals surface area contributed by atoms with Gasteiger partial charge in [0, 0.05) is 6.42 Å². The number of carbonyl (C=O) groups excluding carboxylic acids is 1. The molecule has 1 heterocycles. The Labute approximate surface area is 105 Å². The quantitative estimate of drug-likeness (QED) is 0.498. The molecule has 1 saturated heterocycles. The summed E-state index contributed by atoms with van der Waals surface area (Å²) in [5.74, 6) is 0.680. The molecule has 1 atom stereocenters. The van der Waals surface area contributed by atoms with E-state index >= 15 is 0 Å². The number of rotatable bonds is 9. The third-order valence-corrected chi connectivity index (χ3v) is 3.43. The van der Waals surface area contributed by atoms with Crippen LogP contribution in [-0.4, -0.2) is 25.7 Å². The molecule has 100 valence electrons. The van der Waals surface area contributed by atoms with E-state index in [2.05, 4.69) is 12.2 Å². The molecule has 0 amide bonds. The van der Waals surface area contributed by atoms with Crippen LogP contribution in [0.3, 0.4) is 0 Å². The first-order valence-electron chi connectivity index (χ1n) is 7.19. The van der Waals surface area contributed by atoms with Gasteiger partial charge in [0.05, 0.1) is 6.61 Å². The summed E-state index contributed by atoms with van der Waals surface area (Å²) < 4.78 is 5.22. The highest BCUT2D eigenvalue weighted by molar-refractivity contribution is 5.69. The van der Waals surface area contributed by atoms with Gasteiger partial charge in [-0.3, -0.25) is 4.79 Å². The number of carbonyl (C=O) groups is 1. The van der Waals surface area contributed by atoms with Crippen LogP contribution in [0.1, 0.15) is 58.3 Å². The van der Waals surface area contributed by atoms with Crippen LogP contribution in [0.2, 0.25) is 0 Å². The lowest BCUT2D eigenvalue weighted by Gasteiger charge is -2.08. The molecule has 0 aromatic rings. The average molecular weight is 241 g/mol. The smallest absolute Gasteiger partial charge is 0.305 e. The topological polar surface area (TPSA) is 38.3 Å². The molecule has 3 heteroatoms. The number of hydrogen-bond donors (Lipinski definition) is 1. The second-order valence-electron chi connectivity index (χ2n) is 5.03. The fourth-order valence-electron chi connectivity index (χ4n) is 2.25.